The maximum atomic E-state index is 13.0. The first-order valence-corrected chi connectivity index (χ1v) is 12.1. The SMILES string of the molecule is CC(C)CC(NC(=O)C1CCN(S(=O)(=O)c2ccc(C#N)cc2)CC1)c1ccccc1. The molecule has 6 nitrogen and oxygen atoms in total. The Hall–Kier alpha value is -2.69. The average Bonchev–Trinajstić information content (AvgIpc) is 2.79. The van der Waals surface area contributed by atoms with Crippen molar-refractivity contribution in [3.8, 4) is 6.07 Å². The van der Waals surface area contributed by atoms with Gasteiger partial charge in [-0.1, -0.05) is 44.2 Å². The molecule has 1 amide bonds. The molecule has 1 unspecified atom stereocenters. The van der Waals surface area contributed by atoms with Gasteiger partial charge in [0.05, 0.1) is 22.6 Å². The smallest absolute Gasteiger partial charge is 0.243 e. The Morgan fingerprint density at radius 3 is 2.26 bits per heavy atom. The summed E-state index contributed by atoms with van der Waals surface area (Å²) in [4.78, 5) is 13.1. The summed E-state index contributed by atoms with van der Waals surface area (Å²) in [7, 11) is -3.63. The summed E-state index contributed by atoms with van der Waals surface area (Å²) in [5.74, 6) is 0.223. The number of nitrogens with zero attached hydrogens (tertiary/aromatic N) is 2. The standard InChI is InChI=1S/C24H29N3O3S/c1-18(2)16-23(20-6-4-3-5-7-20)26-24(28)21-12-14-27(15-13-21)31(29,30)22-10-8-19(17-25)9-11-22/h3-11,18,21,23H,12-16H2,1-2H3,(H,26,28). The van der Waals surface area contributed by atoms with E-state index in [1.165, 1.54) is 28.6 Å². The molecule has 2 aromatic carbocycles. The minimum Gasteiger partial charge on any atom is -0.349 e. The number of hydrogen-bond donors (Lipinski definition) is 1. The third-order valence-corrected chi connectivity index (χ3v) is 7.58. The molecule has 1 aliphatic heterocycles. The lowest BCUT2D eigenvalue weighted by Crippen LogP contribution is -2.43. The van der Waals surface area contributed by atoms with E-state index in [0.29, 0.717) is 37.4 Å². The van der Waals surface area contributed by atoms with Gasteiger partial charge < -0.3 is 5.32 Å². The lowest BCUT2D eigenvalue weighted by Gasteiger charge is -2.32. The molecule has 1 N–H and O–H groups in total. The number of nitriles is 1. The maximum Gasteiger partial charge on any atom is 0.243 e. The molecule has 1 fully saturated rings. The third kappa shape index (κ3) is 5.72. The first-order chi connectivity index (χ1) is 14.8. The van der Waals surface area contributed by atoms with Gasteiger partial charge in [-0.3, -0.25) is 4.79 Å². The Labute approximate surface area is 184 Å². The molecule has 0 aromatic heterocycles. The summed E-state index contributed by atoms with van der Waals surface area (Å²) in [5, 5.41) is 12.1. The number of carbonyl (C=O) groups excluding carboxylic acids is 1. The molecule has 1 heterocycles. The number of nitrogens with one attached hydrogen (secondary N) is 1. The van der Waals surface area contributed by atoms with Gasteiger partial charge in [0, 0.05) is 19.0 Å². The quantitative estimate of drug-likeness (QED) is 0.709. The molecule has 2 aromatic rings. The monoisotopic (exact) mass is 439 g/mol. The number of hydrogen-bond acceptors (Lipinski definition) is 4. The summed E-state index contributed by atoms with van der Waals surface area (Å²) in [5.41, 5.74) is 1.51. The highest BCUT2D eigenvalue weighted by Gasteiger charge is 2.33. The molecule has 7 heteroatoms. The molecule has 1 aliphatic rings. The van der Waals surface area contributed by atoms with E-state index in [1.807, 2.05) is 36.4 Å². The number of benzene rings is 2. The molecule has 0 aliphatic carbocycles. The van der Waals surface area contributed by atoms with E-state index in [1.54, 1.807) is 0 Å². The van der Waals surface area contributed by atoms with E-state index in [-0.39, 0.29) is 22.8 Å². The van der Waals surface area contributed by atoms with Crippen molar-refractivity contribution in [3.63, 3.8) is 0 Å². The fraction of sp³-hybridized carbons (Fsp3) is 0.417. The van der Waals surface area contributed by atoms with E-state index in [2.05, 4.69) is 19.2 Å². The van der Waals surface area contributed by atoms with Crippen LogP contribution >= 0.6 is 0 Å². The molecule has 0 saturated carbocycles. The molecule has 164 valence electrons. The summed E-state index contributed by atoms with van der Waals surface area (Å²) < 4.78 is 27.2. The zero-order chi connectivity index (χ0) is 22.4. The topological polar surface area (TPSA) is 90.3 Å². The maximum absolute atomic E-state index is 13.0. The Morgan fingerprint density at radius 2 is 1.71 bits per heavy atom. The van der Waals surface area contributed by atoms with Crippen molar-refractivity contribution >= 4 is 15.9 Å². The van der Waals surface area contributed by atoms with Crippen LogP contribution in [-0.4, -0.2) is 31.7 Å². The number of amides is 1. The predicted molar refractivity (Wildman–Crippen MR) is 119 cm³/mol. The normalized spacial score (nSPS) is 16.6. The molecule has 31 heavy (non-hydrogen) atoms. The zero-order valence-electron chi connectivity index (χ0n) is 18.0. The van der Waals surface area contributed by atoms with Gasteiger partial charge in [-0.25, -0.2) is 8.42 Å². The van der Waals surface area contributed by atoms with E-state index in [9.17, 15) is 13.2 Å². The van der Waals surface area contributed by atoms with Crippen LogP contribution in [0.25, 0.3) is 0 Å². The largest absolute Gasteiger partial charge is 0.349 e. The van der Waals surface area contributed by atoms with Crippen molar-refractivity contribution in [2.75, 3.05) is 13.1 Å². The molecular weight excluding hydrogens is 410 g/mol. The number of rotatable bonds is 7. The van der Waals surface area contributed by atoms with Crippen LogP contribution in [0.1, 0.15) is 50.3 Å². The highest BCUT2D eigenvalue weighted by molar-refractivity contribution is 7.89. The number of sulfonamides is 1. The lowest BCUT2D eigenvalue weighted by atomic mass is 9.93. The highest BCUT2D eigenvalue weighted by atomic mass is 32.2. The Balaban J connectivity index is 1.62. The molecule has 0 radical (unpaired) electrons. The second kappa shape index (κ2) is 10.1. The van der Waals surface area contributed by atoms with Gasteiger partial charge in [0.2, 0.25) is 15.9 Å². The Morgan fingerprint density at radius 1 is 1.10 bits per heavy atom. The number of carbonyl (C=O) groups is 1. The van der Waals surface area contributed by atoms with Crippen molar-refractivity contribution < 1.29 is 13.2 Å². The summed E-state index contributed by atoms with van der Waals surface area (Å²) in [6.45, 7) is 4.88. The Bertz CT molecular complexity index is 1020. The molecule has 0 spiro atoms. The van der Waals surface area contributed by atoms with E-state index >= 15 is 0 Å². The Kier molecular flexibility index (Phi) is 7.47. The van der Waals surface area contributed by atoms with Gasteiger partial charge in [0.15, 0.2) is 0 Å². The van der Waals surface area contributed by atoms with Crippen molar-refractivity contribution in [1.82, 2.24) is 9.62 Å². The van der Waals surface area contributed by atoms with Crippen molar-refractivity contribution in [1.29, 1.82) is 5.26 Å². The fourth-order valence-electron chi connectivity index (χ4n) is 3.93. The first-order valence-electron chi connectivity index (χ1n) is 10.7. The van der Waals surface area contributed by atoms with Crippen LogP contribution in [0, 0.1) is 23.2 Å². The molecule has 1 saturated heterocycles. The van der Waals surface area contributed by atoms with Gasteiger partial charge in [-0.15, -0.1) is 0 Å². The lowest BCUT2D eigenvalue weighted by molar-refractivity contribution is -0.127. The first kappa shape index (κ1) is 23.0. The predicted octanol–water partition coefficient (Wildman–Crippen LogP) is 3.86. The minimum atomic E-state index is -3.63. The van der Waals surface area contributed by atoms with Gasteiger partial charge in [-0.2, -0.15) is 9.57 Å². The highest BCUT2D eigenvalue weighted by Crippen LogP contribution is 2.26. The summed E-state index contributed by atoms with van der Waals surface area (Å²) in [6, 6.07) is 17.8. The van der Waals surface area contributed by atoms with Crippen LogP contribution in [0.4, 0.5) is 0 Å². The fourth-order valence-corrected chi connectivity index (χ4v) is 5.40. The van der Waals surface area contributed by atoms with Crippen LogP contribution in [-0.2, 0) is 14.8 Å². The molecule has 1 atom stereocenters. The van der Waals surface area contributed by atoms with Gasteiger partial charge in [-0.05, 0) is 55.0 Å². The van der Waals surface area contributed by atoms with Crippen LogP contribution in [0.5, 0.6) is 0 Å². The number of piperidine rings is 1. The van der Waals surface area contributed by atoms with Crippen LogP contribution < -0.4 is 5.32 Å². The van der Waals surface area contributed by atoms with E-state index in [0.717, 1.165) is 12.0 Å². The summed E-state index contributed by atoms with van der Waals surface area (Å²) in [6.07, 6.45) is 1.83. The molecular formula is C24H29N3O3S. The second-order valence-electron chi connectivity index (χ2n) is 8.42. The molecule has 3 rings (SSSR count). The van der Waals surface area contributed by atoms with Crippen molar-refractivity contribution in [3.05, 3.63) is 65.7 Å². The minimum absolute atomic E-state index is 0.00933. The van der Waals surface area contributed by atoms with Crippen LogP contribution in [0.2, 0.25) is 0 Å². The van der Waals surface area contributed by atoms with E-state index < -0.39 is 10.0 Å². The van der Waals surface area contributed by atoms with Gasteiger partial charge in [0.25, 0.3) is 0 Å². The zero-order valence-corrected chi connectivity index (χ0v) is 18.8. The average molecular weight is 440 g/mol. The van der Waals surface area contributed by atoms with Crippen LogP contribution in [0.15, 0.2) is 59.5 Å². The molecule has 0 bridgehead atoms. The van der Waals surface area contributed by atoms with Crippen LogP contribution in [0.3, 0.4) is 0 Å². The van der Waals surface area contributed by atoms with E-state index in [4.69, 9.17) is 5.26 Å². The van der Waals surface area contributed by atoms with Gasteiger partial charge >= 0.3 is 0 Å². The van der Waals surface area contributed by atoms with Crippen molar-refractivity contribution in [2.45, 2.75) is 44.0 Å². The van der Waals surface area contributed by atoms with Gasteiger partial charge in [0.1, 0.15) is 0 Å². The third-order valence-electron chi connectivity index (χ3n) is 5.67. The second-order valence-corrected chi connectivity index (χ2v) is 10.4. The van der Waals surface area contributed by atoms with Crippen molar-refractivity contribution in [2.24, 2.45) is 11.8 Å². The summed E-state index contributed by atoms with van der Waals surface area (Å²) >= 11 is 0.